The number of carbonyl (C=O) groups is 1. The van der Waals surface area contributed by atoms with E-state index in [4.69, 9.17) is 4.98 Å². The fraction of sp³-hybridized carbons (Fsp3) is 0.640. The summed E-state index contributed by atoms with van der Waals surface area (Å²) in [6.07, 6.45) is 11.1. The standard InChI is InChI=1S/C25H35N5O2/c1-17(2)28-13-10-18(11-14-28)20-16-24(31)30-23(26-20)15-21(27-30)22-9-6-12-29(22)25(32)19-7-4-3-5-8-19/h3-4,15-19,22,27H,5-14H2,1-2H3/t19-,22-/m1/s1. The van der Waals surface area contributed by atoms with Gasteiger partial charge in [-0.3, -0.25) is 14.7 Å². The number of aromatic amines is 1. The molecule has 0 bridgehead atoms. The number of nitrogens with one attached hydrogen (secondary N) is 1. The van der Waals surface area contributed by atoms with E-state index in [-0.39, 0.29) is 23.4 Å². The second-order valence-electron chi connectivity index (χ2n) is 10.00. The average molecular weight is 438 g/mol. The Morgan fingerprint density at radius 3 is 2.62 bits per heavy atom. The molecule has 0 unspecified atom stereocenters. The molecule has 2 atom stereocenters. The Kier molecular flexibility index (Phi) is 5.93. The molecule has 0 saturated carbocycles. The average Bonchev–Trinajstić information content (AvgIpc) is 3.46. The summed E-state index contributed by atoms with van der Waals surface area (Å²) in [6.45, 7) is 7.37. The highest BCUT2D eigenvalue weighted by atomic mass is 16.2. The van der Waals surface area contributed by atoms with Gasteiger partial charge in [0.1, 0.15) is 0 Å². The van der Waals surface area contributed by atoms with E-state index in [1.54, 1.807) is 10.6 Å². The summed E-state index contributed by atoms with van der Waals surface area (Å²) in [5, 5.41) is 3.27. The Morgan fingerprint density at radius 1 is 1.09 bits per heavy atom. The topological polar surface area (TPSA) is 73.7 Å². The third kappa shape index (κ3) is 4.03. The Balaban J connectivity index is 1.37. The SMILES string of the molecule is CC(C)N1CCC(c2cc(=O)n3[nH]c([C@H]4CCCN4C(=O)[C@@H]4CC=CCC4)cc3n2)CC1. The first kappa shape index (κ1) is 21.4. The van der Waals surface area contributed by atoms with Crippen LogP contribution < -0.4 is 5.56 Å². The number of hydrogen-bond donors (Lipinski definition) is 1. The fourth-order valence-electron chi connectivity index (χ4n) is 5.73. The van der Waals surface area contributed by atoms with Crippen molar-refractivity contribution in [2.45, 2.75) is 76.8 Å². The first-order valence-electron chi connectivity index (χ1n) is 12.3. The van der Waals surface area contributed by atoms with Crippen molar-refractivity contribution in [1.82, 2.24) is 24.4 Å². The van der Waals surface area contributed by atoms with E-state index in [0.717, 1.165) is 76.0 Å². The van der Waals surface area contributed by atoms with Crippen LogP contribution in [0.2, 0.25) is 0 Å². The van der Waals surface area contributed by atoms with Gasteiger partial charge in [-0.1, -0.05) is 12.2 Å². The Hall–Kier alpha value is -2.41. The number of rotatable bonds is 4. The number of allylic oxidation sites excluding steroid dienone is 2. The predicted molar refractivity (Wildman–Crippen MR) is 125 cm³/mol. The molecule has 32 heavy (non-hydrogen) atoms. The van der Waals surface area contributed by atoms with Gasteiger partial charge in [0.2, 0.25) is 5.91 Å². The van der Waals surface area contributed by atoms with Crippen LogP contribution in [0.5, 0.6) is 0 Å². The second kappa shape index (κ2) is 8.85. The summed E-state index contributed by atoms with van der Waals surface area (Å²) in [4.78, 5) is 35.5. The summed E-state index contributed by atoms with van der Waals surface area (Å²) in [5.74, 6) is 0.688. The Bertz CT molecular complexity index is 1060. The van der Waals surface area contributed by atoms with Gasteiger partial charge in [-0.2, -0.15) is 0 Å². The van der Waals surface area contributed by atoms with Crippen LogP contribution in [0.15, 0.2) is 29.1 Å². The third-order valence-electron chi connectivity index (χ3n) is 7.68. The number of aromatic nitrogens is 3. The quantitative estimate of drug-likeness (QED) is 0.742. The second-order valence-corrected chi connectivity index (χ2v) is 10.00. The van der Waals surface area contributed by atoms with Crippen LogP contribution in [-0.4, -0.2) is 56.0 Å². The van der Waals surface area contributed by atoms with Crippen molar-refractivity contribution in [1.29, 1.82) is 0 Å². The number of carbonyl (C=O) groups excluding carboxylic acids is 1. The van der Waals surface area contributed by atoms with Gasteiger partial charge in [0.15, 0.2) is 5.65 Å². The van der Waals surface area contributed by atoms with Crippen molar-refractivity contribution in [2.24, 2.45) is 5.92 Å². The maximum atomic E-state index is 13.2. The minimum Gasteiger partial charge on any atom is -0.334 e. The maximum absolute atomic E-state index is 13.2. The van der Waals surface area contributed by atoms with E-state index in [2.05, 4.69) is 36.0 Å². The molecule has 2 aliphatic heterocycles. The van der Waals surface area contributed by atoms with Gasteiger partial charge in [0.25, 0.3) is 5.56 Å². The van der Waals surface area contributed by atoms with Crippen molar-refractivity contribution in [2.75, 3.05) is 19.6 Å². The van der Waals surface area contributed by atoms with Crippen molar-refractivity contribution >= 4 is 11.6 Å². The van der Waals surface area contributed by atoms with Crippen LogP contribution in [-0.2, 0) is 4.79 Å². The predicted octanol–water partition coefficient (Wildman–Crippen LogP) is 3.63. The molecule has 2 saturated heterocycles. The molecule has 1 N–H and O–H groups in total. The van der Waals surface area contributed by atoms with Crippen molar-refractivity contribution in [3.63, 3.8) is 0 Å². The molecular weight excluding hydrogens is 402 g/mol. The molecule has 7 heteroatoms. The number of nitrogens with zero attached hydrogens (tertiary/aromatic N) is 4. The Morgan fingerprint density at radius 2 is 1.91 bits per heavy atom. The van der Waals surface area contributed by atoms with E-state index >= 15 is 0 Å². The first-order valence-corrected chi connectivity index (χ1v) is 12.3. The van der Waals surface area contributed by atoms with E-state index in [0.29, 0.717) is 17.6 Å². The summed E-state index contributed by atoms with van der Waals surface area (Å²) in [7, 11) is 0. The van der Waals surface area contributed by atoms with E-state index in [1.165, 1.54) is 0 Å². The highest BCUT2D eigenvalue weighted by molar-refractivity contribution is 5.80. The molecule has 0 spiro atoms. The molecule has 1 aliphatic carbocycles. The van der Waals surface area contributed by atoms with E-state index < -0.39 is 0 Å². The van der Waals surface area contributed by atoms with Crippen molar-refractivity contribution < 1.29 is 4.79 Å². The number of hydrogen-bond acceptors (Lipinski definition) is 4. The molecular formula is C25H35N5O2. The van der Waals surface area contributed by atoms with Gasteiger partial charge in [-0.05, 0) is 71.9 Å². The summed E-state index contributed by atoms with van der Waals surface area (Å²) in [5.41, 5.74) is 2.46. The summed E-state index contributed by atoms with van der Waals surface area (Å²) < 4.78 is 1.55. The normalized spacial score (nSPS) is 25.3. The molecule has 2 aromatic rings. The lowest BCUT2D eigenvalue weighted by Crippen LogP contribution is -2.38. The first-order chi connectivity index (χ1) is 15.5. The van der Waals surface area contributed by atoms with Gasteiger partial charge < -0.3 is 9.80 Å². The summed E-state index contributed by atoms with van der Waals surface area (Å²) >= 11 is 0. The molecule has 0 radical (unpaired) electrons. The van der Waals surface area contributed by atoms with Crippen molar-refractivity contribution in [3.8, 4) is 0 Å². The van der Waals surface area contributed by atoms with E-state index in [1.807, 2.05) is 11.0 Å². The number of amides is 1. The third-order valence-corrected chi connectivity index (χ3v) is 7.68. The zero-order valence-corrected chi connectivity index (χ0v) is 19.3. The zero-order chi connectivity index (χ0) is 22.2. The maximum Gasteiger partial charge on any atom is 0.272 e. The molecule has 1 amide bonds. The highest BCUT2D eigenvalue weighted by Crippen LogP contribution is 2.35. The van der Waals surface area contributed by atoms with Crippen LogP contribution in [0, 0.1) is 5.92 Å². The molecule has 4 heterocycles. The number of H-pyrrole nitrogens is 1. The van der Waals surface area contributed by atoms with Crippen LogP contribution in [0.4, 0.5) is 0 Å². The van der Waals surface area contributed by atoms with Crippen molar-refractivity contribution in [3.05, 3.63) is 46.0 Å². The van der Waals surface area contributed by atoms with Crippen LogP contribution in [0.3, 0.4) is 0 Å². The lowest BCUT2D eigenvalue weighted by atomic mass is 9.92. The number of piperidine rings is 1. The largest absolute Gasteiger partial charge is 0.334 e. The molecule has 0 aromatic carbocycles. The fourth-order valence-corrected chi connectivity index (χ4v) is 5.73. The van der Waals surface area contributed by atoms with Gasteiger partial charge in [-0.25, -0.2) is 9.50 Å². The highest BCUT2D eigenvalue weighted by Gasteiger charge is 2.35. The van der Waals surface area contributed by atoms with Crippen LogP contribution in [0.1, 0.15) is 82.1 Å². The lowest BCUT2D eigenvalue weighted by molar-refractivity contribution is -0.136. The van der Waals surface area contributed by atoms with Gasteiger partial charge in [0, 0.05) is 36.6 Å². The molecule has 5 rings (SSSR count). The molecule has 7 nitrogen and oxygen atoms in total. The number of likely N-dealkylation sites (tertiary alicyclic amines) is 2. The minimum absolute atomic E-state index is 0.00670. The number of fused-ring (bicyclic) bond motifs is 1. The van der Waals surface area contributed by atoms with E-state index in [9.17, 15) is 9.59 Å². The lowest BCUT2D eigenvalue weighted by Gasteiger charge is -2.34. The monoisotopic (exact) mass is 437 g/mol. The summed E-state index contributed by atoms with van der Waals surface area (Å²) in [6, 6.07) is 4.26. The Labute approximate surface area is 189 Å². The van der Waals surface area contributed by atoms with Gasteiger partial charge in [0.05, 0.1) is 17.4 Å². The minimum atomic E-state index is -0.0594. The van der Waals surface area contributed by atoms with Gasteiger partial charge >= 0.3 is 0 Å². The molecule has 2 fully saturated rings. The smallest absolute Gasteiger partial charge is 0.272 e. The molecule has 3 aliphatic rings. The zero-order valence-electron chi connectivity index (χ0n) is 19.3. The van der Waals surface area contributed by atoms with Gasteiger partial charge in [-0.15, -0.1) is 0 Å². The molecule has 172 valence electrons. The molecule has 2 aromatic heterocycles. The van der Waals surface area contributed by atoms with Crippen LogP contribution in [0.25, 0.3) is 5.65 Å². The van der Waals surface area contributed by atoms with Crippen LogP contribution >= 0.6 is 0 Å².